The van der Waals surface area contributed by atoms with Crippen molar-refractivity contribution in [1.29, 1.82) is 0 Å². The van der Waals surface area contributed by atoms with E-state index < -0.39 is 0 Å². The lowest BCUT2D eigenvalue weighted by Gasteiger charge is -2.24. The minimum Gasteiger partial charge on any atom is -0.383 e. The smallest absolute Gasteiger partial charge is 0.249 e. The van der Waals surface area contributed by atoms with Crippen molar-refractivity contribution in [3.63, 3.8) is 0 Å². The maximum Gasteiger partial charge on any atom is 0.249 e. The van der Waals surface area contributed by atoms with E-state index in [1.807, 2.05) is 0 Å². The Kier molecular flexibility index (Phi) is 5.60. The third kappa shape index (κ3) is 4.15. The van der Waals surface area contributed by atoms with Gasteiger partial charge in [-0.1, -0.05) is 0 Å². The molecule has 3 N–H and O–H groups in total. The lowest BCUT2D eigenvalue weighted by Crippen LogP contribution is -2.48. The summed E-state index contributed by atoms with van der Waals surface area (Å²) < 4.78 is 10.3. The maximum atomic E-state index is 11.7. The summed E-state index contributed by atoms with van der Waals surface area (Å²) in [7, 11) is 1.59. The minimum absolute atomic E-state index is 0.0674. The lowest BCUT2D eigenvalue weighted by atomic mass is 10.1. The van der Waals surface area contributed by atoms with Gasteiger partial charge in [-0.25, -0.2) is 0 Å². The summed E-state index contributed by atoms with van der Waals surface area (Å²) >= 11 is 0. The van der Waals surface area contributed by atoms with E-state index in [0.717, 1.165) is 19.3 Å². The maximum absolute atomic E-state index is 11.7. The minimum atomic E-state index is -0.301. The molecule has 1 fully saturated rings. The van der Waals surface area contributed by atoms with E-state index in [-0.39, 0.29) is 18.1 Å². The molecule has 0 aromatic carbocycles. The van der Waals surface area contributed by atoms with Crippen molar-refractivity contribution in [3.8, 4) is 0 Å². The molecule has 5 heteroatoms. The molecule has 2 atom stereocenters. The van der Waals surface area contributed by atoms with Crippen LogP contribution in [-0.2, 0) is 14.3 Å². The van der Waals surface area contributed by atoms with Crippen molar-refractivity contribution < 1.29 is 14.3 Å². The number of amides is 1. The highest BCUT2D eigenvalue weighted by molar-refractivity contribution is 5.81. The van der Waals surface area contributed by atoms with Crippen molar-refractivity contribution >= 4 is 5.91 Å². The van der Waals surface area contributed by atoms with Gasteiger partial charge in [0.05, 0.1) is 12.6 Å². The van der Waals surface area contributed by atoms with Crippen LogP contribution >= 0.6 is 0 Å². The molecule has 0 saturated carbocycles. The van der Waals surface area contributed by atoms with Gasteiger partial charge in [0.1, 0.15) is 6.10 Å². The molecular formula is C10H20N2O3. The SMILES string of the molecule is COCC(CN)NC(=O)C1CCCCO1. The molecule has 88 valence electrons. The molecule has 1 amide bonds. The lowest BCUT2D eigenvalue weighted by molar-refractivity contribution is -0.136. The van der Waals surface area contributed by atoms with Gasteiger partial charge in [0.25, 0.3) is 0 Å². The zero-order chi connectivity index (χ0) is 11.1. The largest absolute Gasteiger partial charge is 0.383 e. The molecule has 5 nitrogen and oxygen atoms in total. The number of carbonyl (C=O) groups is 1. The van der Waals surface area contributed by atoms with Gasteiger partial charge in [0.15, 0.2) is 0 Å². The molecule has 1 aliphatic heterocycles. The van der Waals surface area contributed by atoms with E-state index in [2.05, 4.69) is 5.32 Å². The van der Waals surface area contributed by atoms with Gasteiger partial charge >= 0.3 is 0 Å². The number of hydrogen-bond donors (Lipinski definition) is 2. The molecule has 2 unspecified atom stereocenters. The fourth-order valence-corrected chi connectivity index (χ4v) is 1.61. The monoisotopic (exact) mass is 216 g/mol. The van der Waals surface area contributed by atoms with Crippen molar-refractivity contribution in [2.24, 2.45) is 5.73 Å². The van der Waals surface area contributed by atoms with Crippen molar-refractivity contribution in [2.75, 3.05) is 26.9 Å². The predicted molar refractivity (Wildman–Crippen MR) is 56.5 cm³/mol. The van der Waals surface area contributed by atoms with E-state index in [1.165, 1.54) is 0 Å². The molecule has 1 rings (SSSR count). The highest BCUT2D eigenvalue weighted by Gasteiger charge is 2.23. The van der Waals surface area contributed by atoms with Gasteiger partial charge < -0.3 is 20.5 Å². The van der Waals surface area contributed by atoms with E-state index in [9.17, 15) is 4.79 Å². The zero-order valence-corrected chi connectivity index (χ0v) is 9.20. The molecule has 0 bridgehead atoms. The quantitative estimate of drug-likeness (QED) is 0.658. The van der Waals surface area contributed by atoms with Crippen LogP contribution in [0.3, 0.4) is 0 Å². The molecule has 0 aliphatic carbocycles. The van der Waals surface area contributed by atoms with Crippen LogP contribution in [0, 0.1) is 0 Å². The van der Waals surface area contributed by atoms with Crippen molar-refractivity contribution in [3.05, 3.63) is 0 Å². The number of hydrogen-bond acceptors (Lipinski definition) is 4. The van der Waals surface area contributed by atoms with Gasteiger partial charge in [-0.3, -0.25) is 4.79 Å². The average molecular weight is 216 g/mol. The summed E-state index contributed by atoms with van der Waals surface area (Å²) in [6, 6.07) is -0.118. The first-order chi connectivity index (χ1) is 7.27. The Morgan fingerprint density at radius 1 is 1.67 bits per heavy atom. The Bertz CT molecular complexity index is 193. The van der Waals surface area contributed by atoms with Crippen LogP contribution in [0.1, 0.15) is 19.3 Å². The molecule has 15 heavy (non-hydrogen) atoms. The first-order valence-corrected chi connectivity index (χ1v) is 5.39. The Hall–Kier alpha value is -0.650. The van der Waals surface area contributed by atoms with Crippen molar-refractivity contribution in [1.82, 2.24) is 5.32 Å². The normalized spacial score (nSPS) is 23.5. The van der Waals surface area contributed by atoms with E-state index in [1.54, 1.807) is 7.11 Å². The first-order valence-electron chi connectivity index (χ1n) is 5.39. The summed E-state index contributed by atoms with van der Waals surface area (Å²) in [5, 5.41) is 2.82. The van der Waals surface area contributed by atoms with Crippen LogP contribution in [-0.4, -0.2) is 44.9 Å². The Morgan fingerprint density at radius 3 is 3.00 bits per heavy atom. The fraction of sp³-hybridized carbons (Fsp3) is 0.900. The Morgan fingerprint density at radius 2 is 2.47 bits per heavy atom. The second-order valence-electron chi connectivity index (χ2n) is 3.75. The summed E-state index contributed by atoms with van der Waals surface area (Å²) in [5.74, 6) is -0.0674. The number of ether oxygens (including phenoxy) is 2. The molecule has 1 aliphatic rings. The molecule has 0 aromatic rings. The van der Waals surface area contributed by atoms with Crippen LogP contribution in [0.15, 0.2) is 0 Å². The number of rotatable bonds is 5. The molecule has 1 saturated heterocycles. The van der Waals surface area contributed by atoms with E-state index in [4.69, 9.17) is 15.2 Å². The predicted octanol–water partition coefficient (Wildman–Crippen LogP) is -0.355. The standard InChI is InChI=1S/C10H20N2O3/c1-14-7-8(6-11)12-10(13)9-4-2-3-5-15-9/h8-9H,2-7,11H2,1H3,(H,12,13). The number of nitrogens with two attached hydrogens (primary N) is 1. The van der Waals surface area contributed by atoms with Gasteiger partial charge in [0.2, 0.25) is 5.91 Å². The summed E-state index contributed by atoms with van der Waals surface area (Å²) in [4.78, 5) is 11.7. The third-order valence-electron chi connectivity index (χ3n) is 2.47. The highest BCUT2D eigenvalue weighted by Crippen LogP contribution is 2.12. The van der Waals surface area contributed by atoms with Gasteiger partial charge in [-0.2, -0.15) is 0 Å². The molecule has 1 heterocycles. The number of carbonyl (C=O) groups excluding carboxylic acids is 1. The molecule has 0 aromatic heterocycles. The van der Waals surface area contributed by atoms with Crippen LogP contribution in [0.4, 0.5) is 0 Å². The Labute approximate surface area is 90.3 Å². The second-order valence-corrected chi connectivity index (χ2v) is 3.75. The third-order valence-corrected chi connectivity index (χ3v) is 2.47. The molecular weight excluding hydrogens is 196 g/mol. The van der Waals surface area contributed by atoms with E-state index >= 15 is 0 Å². The van der Waals surface area contributed by atoms with Crippen molar-refractivity contribution in [2.45, 2.75) is 31.4 Å². The summed E-state index contributed by atoms with van der Waals surface area (Å²) in [6.45, 7) is 1.50. The van der Waals surface area contributed by atoms with Gasteiger partial charge in [-0.15, -0.1) is 0 Å². The Balaban J connectivity index is 2.31. The summed E-state index contributed by atoms with van der Waals surface area (Å²) in [5.41, 5.74) is 5.50. The molecule has 0 spiro atoms. The van der Waals surface area contributed by atoms with Crippen LogP contribution in [0.25, 0.3) is 0 Å². The van der Waals surface area contributed by atoms with Crippen LogP contribution in [0.2, 0.25) is 0 Å². The topological polar surface area (TPSA) is 73.6 Å². The highest BCUT2D eigenvalue weighted by atomic mass is 16.5. The van der Waals surface area contributed by atoms with Gasteiger partial charge in [-0.05, 0) is 19.3 Å². The first kappa shape index (κ1) is 12.4. The van der Waals surface area contributed by atoms with Gasteiger partial charge in [0, 0.05) is 20.3 Å². The van der Waals surface area contributed by atoms with Crippen LogP contribution < -0.4 is 11.1 Å². The van der Waals surface area contributed by atoms with Crippen LogP contribution in [0.5, 0.6) is 0 Å². The average Bonchev–Trinajstić information content (AvgIpc) is 2.29. The summed E-state index contributed by atoms with van der Waals surface area (Å²) in [6.07, 6.45) is 2.60. The van der Waals surface area contributed by atoms with E-state index in [0.29, 0.717) is 19.8 Å². The molecule has 0 radical (unpaired) electrons. The zero-order valence-electron chi connectivity index (χ0n) is 9.20. The number of methoxy groups -OCH3 is 1. The number of nitrogens with one attached hydrogen (secondary N) is 1. The second kappa shape index (κ2) is 6.76. The fourth-order valence-electron chi connectivity index (χ4n) is 1.61.